The van der Waals surface area contributed by atoms with Crippen LogP contribution < -0.4 is 0 Å². The molecule has 0 aliphatic heterocycles. The number of hydrogen-bond donors (Lipinski definition) is 1. The number of ketones is 1. The van der Waals surface area contributed by atoms with Crippen LogP contribution in [0.5, 0.6) is 0 Å². The Morgan fingerprint density at radius 3 is 2.43 bits per heavy atom. The monoisotopic (exact) mass is 192 g/mol. The van der Waals surface area contributed by atoms with Gasteiger partial charge in [0.1, 0.15) is 11.9 Å². The Balaban J connectivity index is 2.24. The molecule has 1 aliphatic rings. The van der Waals surface area contributed by atoms with E-state index in [1.807, 2.05) is 0 Å². The molecule has 1 aliphatic carbocycles. The Morgan fingerprint density at radius 2 is 1.86 bits per heavy atom. The quantitative estimate of drug-likeness (QED) is 0.709. The minimum absolute atomic E-state index is 0.240. The largest absolute Gasteiger partial charge is 0.382 e. The van der Waals surface area contributed by atoms with Crippen LogP contribution in [0, 0.1) is 0 Å². The van der Waals surface area contributed by atoms with Crippen LogP contribution in [0.1, 0.15) is 36.0 Å². The Morgan fingerprint density at radius 1 is 1.29 bits per heavy atom. The van der Waals surface area contributed by atoms with E-state index in [4.69, 9.17) is 0 Å². The second-order valence-electron chi connectivity index (χ2n) is 3.69. The molecular weight excluding hydrogens is 180 g/mol. The van der Waals surface area contributed by atoms with Gasteiger partial charge in [-0.2, -0.15) is 0 Å². The molecule has 0 bridgehead atoms. The minimum Gasteiger partial charge on any atom is -0.382 e. The molecule has 1 heterocycles. The van der Waals surface area contributed by atoms with E-state index in [9.17, 15) is 9.90 Å². The molecule has 4 nitrogen and oxygen atoms in total. The van der Waals surface area contributed by atoms with Crippen LogP contribution in [0.4, 0.5) is 0 Å². The van der Waals surface area contributed by atoms with Crippen LogP contribution in [0.3, 0.4) is 0 Å². The first-order valence-electron chi connectivity index (χ1n) is 4.74. The van der Waals surface area contributed by atoms with Crippen molar-refractivity contribution in [3.63, 3.8) is 0 Å². The lowest BCUT2D eigenvalue weighted by atomic mass is 9.93. The van der Waals surface area contributed by atoms with E-state index >= 15 is 0 Å². The fourth-order valence-corrected chi connectivity index (χ4v) is 1.87. The molecular formula is C10H12N2O2. The van der Waals surface area contributed by atoms with Crippen LogP contribution >= 0.6 is 0 Å². The van der Waals surface area contributed by atoms with E-state index in [0.717, 1.165) is 12.8 Å². The van der Waals surface area contributed by atoms with Gasteiger partial charge in [0.15, 0.2) is 5.78 Å². The smallest absolute Gasteiger partial charge is 0.197 e. The van der Waals surface area contributed by atoms with E-state index in [1.165, 1.54) is 18.7 Å². The summed E-state index contributed by atoms with van der Waals surface area (Å²) < 4.78 is 0. The number of rotatable bonds is 2. The van der Waals surface area contributed by atoms with Gasteiger partial charge in [-0.25, -0.2) is 9.97 Å². The first-order chi connectivity index (χ1) is 6.72. The Kier molecular flexibility index (Phi) is 2.29. The van der Waals surface area contributed by atoms with Crippen molar-refractivity contribution in [2.45, 2.75) is 31.3 Å². The van der Waals surface area contributed by atoms with Crippen LogP contribution in [0.2, 0.25) is 0 Å². The normalized spacial score (nSPS) is 19.5. The zero-order chi connectivity index (χ0) is 10.0. The molecule has 0 unspecified atom stereocenters. The maximum absolute atomic E-state index is 11.8. The van der Waals surface area contributed by atoms with Crippen molar-refractivity contribution < 1.29 is 9.90 Å². The van der Waals surface area contributed by atoms with Gasteiger partial charge in [-0.1, -0.05) is 0 Å². The zero-order valence-electron chi connectivity index (χ0n) is 7.81. The van der Waals surface area contributed by atoms with Gasteiger partial charge in [0.2, 0.25) is 0 Å². The third kappa shape index (κ3) is 1.53. The predicted octanol–water partition coefficient (Wildman–Crippen LogP) is 0.964. The second kappa shape index (κ2) is 3.46. The molecule has 4 heteroatoms. The Hall–Kier alpha value is -1.29. The highest BCUT2D eigenvalue weighted by Gasteiger charge is 2.39. The molecule has 0 atom stereocenters. The lowest BCUT2D eigenvalue weighted by Gasteiger charge is -2.19. The van der Waals surface area contributed by atoms with Gasteiger partial charge >= 0.3 is 0 Å². The molecule has 14 heavy (non-hydrogen) atoms. The molecule has 0 amide bonds. The number of hydrogen-bond acceptors (Lipinski definition) is 4. The first kappa shape index (κ1) is 9.27. The van der Waals surface area contributed by atoms with Gasteiger partial charge < -0.3 is 5.11 Å². The summed E-state index contributed by atoms with van der Waals surface area (Å²) in [5.41, 5.74) is -0.762. The number of aromatic nitrogens is 2. The lowest BCUT2D eigenvalue weighted by Crippen LogP contribution is -2.35. The summed E-state index contributed by atoms with van der Waals surface area (Å²) in [5, 5.41) is 10.0. The van der Waals surface area contributed by atoms with Gasteiger partial charge in [-0.05, 0) is 25.7 Å². The highest BCUT2D eigenvalue weighted by atomic mass is 16.3. The summed E-state index contributed by atoms with van der Waals surface area (Å²) >= 11 is 0. The number of Topliss-reactive ketones (excluding diaryl/α,β-unsaturated/α-hetero) is 1. The van der Waals surface area contributed by atoms with Gasteiger partial charge in [-0.15, -0.1) is 0 Å². The topological polar surface area (TPSA) is 63.1 Å². The average Bonchev–Trinajstić information content (AvgIpc) is 2.67. The van der Waals surface area contributed by atoms with E-state index in [1.54, 1.807) is 0 Å². The molecule has 0 radical (unpaired) electrons. The summed E-state index contributed by atoms with van der Waals surface area (Å²) in [4.78, 5) is 19.4. The van der Waals surface area contributed by atoms with Crippen molar-refractivity contribution in [1.29, 1.82) is 0 Å². The molecule has 1 aromatic heterocycles. The van der Waals surface area contributed by atoms with Crippen molar-refractivity contribution in [2.75, 3.05) is 0 Å². The molecule has 0 spiro atoms. The van der Waals surface area contributed by atoms with Crippen LogP contribution in [0.15, 0.2) is 18.7 Å². The van der Waals surface area contributed by atoms with Crippen LogP contribution in [-0.4, -0.2) is 26.5 Å². The van der Waals surface area contributed by atoms with Crippen molar-refractivity contribution in [3.8, 4) is 0 Å². The molecule has 2 rings (SSSR count). The number of aliphatic hydroxyl groups is 1. The second-order valence-corrected chi connectivity index (χ2v) is 3.69. The van der Waals surface area contributed by atoms with Crippen LogP contribution in [-0.2, 0) is 0 Å². The molecule has 1 fully saturated rings. The van der Waals surface area contributed by atoms with Gasteiger partial charge in [-0.3, -0.25) is 4.79 Å². The first-order valence-corrected chi connectivity index (χ1v) is 4.74. The number of carbonyl (C=O) groups is 1. The molecule has 1 N–H and O–H groups in total. The lowest BCUT2D eigenvalue weighted by molar-refractivity contribution is 0.0352. The zero-order valence-corrected chi connectivity index (χ0v) is 7.81. The van der Waals surface area contributed by atoms with Crippen molar-refractivity contribution in [3.05, 3.63) is 24.3 Å². The summed E-state index contributed by atoms with van der Waals surface area (Å²) in [6.45, 7) is 0. The van der Waals surface area contributed by atoms with E-state index < -0.39 is 5.60 Å². The Bertz CT molecular complexity index is 331. The van der Waals surface area contributed by atoms with Crippen molar-refractivity contribution in [1.82, 2.24) is 9.97 Å². The van der Waals surface area contributed by atoms with E-state index in [0.29, 0.717) is 18.4 Å². The number of carbonyl (C=O) groups excluding carboxylic acids is 1. The highest BCUT2D eigenvalue weighted by molar-refractivity contribution is 6.01. The Labute approximate surface area is 82.0 Å². The summed E-state index contributed by atoms with van der Waals surface area (Å²) in [5.74, 6) is -0.240. The molecule has 1 saturated carbocycles. The third-order valence-electron chi connectivity index (χ3n) is 2.68. The molecule has 1 aromatic rings. The van der Waals surface area contributed by atoms with E-state index in [-0.39, 0.29) is 5.78 Å². The van der Waals surface area contributed by atoms with Crippen molar-refractivity contribution >= 4 is 5.78 Å². The maximum atomic E-state index is 11.8. The van der Waals surface area contributed by atoms with Gasteiger partial charge in [0.25, 0.3) is 0 Å². The highest BCUT2D eigenvalue weighted by Crippen LogP contribution is 2.32. The molecule has 0 saturated heterocycles. The fraction of sp³-hybridized carbons (Fsp3) is 0.500. The van der Waals surface area contributed by atoms with Crippen molar-refractivity contribution in [2.24, 2.45) is 0 Å². The summed E-state index contributed by atoms with van der Waals surface area (Å²) in [6.07, 6.45) is 7.21. The van der Waals surface area contributed by atoms with Crippen LogP contribution in [0.25, 0.3) is 0 Å². The van der Waals surface area contributed by atoms with Gasteiger partial charge in [0, 0.05) is 12.4 Å². The fourth-order valence-electron chi connectivity index (χ4n) is 1.87. The van der Waals surface area contributed by atoms with E-state index in [2.05, 4.69) is 9.97 Å². The van der Waals surface area contributed by atoms with Gasteiger partial charge in [0.05, 0.1) is 5.56 Å². The number of nitrogens with zero attached hydrogens (tertiary/aromatic N) is 2. The molecule has 0 aromatic carbocycles. The summed E-state index contributed by atoms with van der Waals surface area (Å²) in [6, 6.07) is 0. The predicted molar refractivity (Wildman–Crippen MR) is 49.8 cm³/mol. The minimum atomic E-state index is -1.16. The summed E-state index contributed by atoms with van der Waals surface area (Å²) in [7, 11) is 0. The maximum Gasteiger partial charge on any atom is 0.197 e. The SMILES string of the molecule is O=C(c1cncnc1)C1(O)CCCC1. The average molecular weight is 192 g/mol. The standard InChI is InChI=1S/C10H12N2O2/c13-9(8-5-11-7-12-6-8)10(14)3-1-2-4-10/h5-7,14H,1-4H2. The molecule has 74 valence electrons. The third-order valence-corrected chi connectivity index (χ3v) is 2.68.